The Bertz CT molecular complexity index is 668. The Morgan fingerprint density at radius 1 is 1.22 bits per heavy atom. The minimum Gasteiger partial charge on any atom is -0.396 e. The van der Waals surface area contributed by atoms with Crippen LogP contribution in [-0.4, -0.2) is 42.0 Å². The number of aromatic nitrogens is 2. The smallest absolute Gasteiger partial charge is 0.152 e. The zero-order valence-corrected chi connectivity index (χ0v) is 14.0. The summed E-state index contributed by atoms with van der Waals surface area (Å²) < 4.78 is 0. The third-order valence-corrected chi connectivity index (χ3v) is 3.38. The van der Waals surface area contributed by atoms with Crippen molar-refractivity contribution in [3.8, 4) is 0 Å². The first-order valence-corrected chi connectivity index (χ1v) is 7.80. The van der Waals surface area contributed by atoms with E-state index in [-0.39, 0.29) is 6.61 Å². The zero-order valence-electron chi connectivity index (χ0n) is 14.0. The van der Waals surface area contributed by atoms with E-state index in [1.54, 1.807) is 0 Å². The van der Waals surface area contributed by atoms with Gasteiger partial charge in [-0.2, -0.15) is 0 Å². The van der Waals surface area contributed by atoms with Gasteiger partial charge in [-0.1, -0.05) is 29.8 Å². The van der Waals surface area contributed by atoms with Crippen LogP contribution in [0.4, 0.5) is 5.82 Å². The van der Waals surface area contributed by atoms with Gasteiger partial charge in [0.2, 0.25) is 0 Å². The minimum atomic E-state index is 0.169. The molecule has 1 heterocycles. The lowest BCUT2D eigenvalue weighted by Crippen LogP contribution is -2.13. The lowest BCUT2D eigenvalue weighted by atomic mass is 10.1. The maximum atomic E-state index is 8.99. The van der Waals surface area contributed by atoms with Gasteiger partial charge < -0.3 is 10.0 Å². The van der Waals surface area contributed by atoms with Crippen molar-refractivity contribution in [1.82, 2.24) is 9.97 Å². The van der Waals surface area contributed by atoms with Crippen LogP contribution in [-0.2, 0) is 13.0 Å². The number of aliphatic hydroxyl groups is 1. The molecule has 0 amide bonds. The van der Waals surface area contributed by atoms with E-state index in [0.717, 1.165) is 23.5 Å². The van der Waals surface area contributed by atoms with E-state index in [9.17, 15) is 0 Å². The maximum absolute atomic E-state index is 8.99. The summed E-state index contributed by atoms with van der Waals surface area (Å²) in [6.07, 6.45) is 3.30. The highest BCUT2D eigenvalue weighted by molar-refractivity contribution is 5.79. The average molecular weight is 312 g/mol. The Morgan fingerprint density at radius 2 is 2.04 bits per heavy atom. The summed E-state index contributed by atoms with van der Waals surface area (Å²) in [5.41, 5.74) is 3.24. The van der Waals surface area contributed by atoms with Crippen molar-refractivity contribution in [3.05, 3.63) is 53.0 Å². The fraction of sp³-hybridized carbons (Fsp3) is 0.389. The van der Waals surface area contributed by atoms with Crippen LogP contribution < -0.4 is 4.90 Å². The third kappa shape index (κ3) is 5.45. The Balaban J connectivity index is 2.12. The SMILES string of the molecule is Cc1cccc(C=NCc2nc(CCCO)cc(N(C)C)n2)c1. The van der Waals surface area contributed by atoms with Gasteiger partial charge in [0.1, 0.15) is 5.82 Å². The number of nitrogens with zero attached hydrogens (tertiary/aromatic N) is 4. The molecule has 2 rings (SSSR count). The van der Waals surface area contributed by atoms with Gasteiger partial charge >= 0.3 is 0 Å². The van der Waals surface area contributed by atoms with Crippen molar-refractivity contribution >= 4 is 12.0 Å². The van der Waals surface area contributed by atoms with E-state index < -0.39 is 0 Å². The highest BCUT2D eigenvalue weighted by Gasteiger charge is 2.06. The molecule has 0 atom stereocenters. The van der Waals surface area contributed by atoms with Crippen molar-refractivity contribution in [2.75, 3.05) is 25.6 Å². The van der Waals surface area contributed by atoms with Gasteiger partial charge in [0.25, 0.3) is 0 Å². The van der Waals surface area contributed by atoms with Crippen molar-refractivity contribution < 1.29 is 5.11 Å². The van der Waals surface area contributed by atoms with Gasteiger partial charge in [0.05, 0.1) is 6.54 Å². The van der Waals surface area contributed by atoms with Gasteiger partial charge in [0.15, 0.2) is 5.82 Å². The molecule has 0 unspecified atom stereocenters. The molecule has 0 radical (unpaired) electrons. The summed E-state index contributed by atoms with van der Waals surface area (Å²) in [7, 11) is 3.91. The summed E-state index contributed by atoms with van der Waals surface area (Å²) in [5.74, 6) is 1.57. The van der Waals surface area contributed by atoms with Crippen LogP contribution in [0.25, 0.3) is 0 Å². The molecular weight excluding hydrogens is 288 g/mol. The number of hydrogen-bond acceptors (Lipinski definition) is 5. The number of aryl methyl sites for hydroxylation is 2. The fourth-order valence-electron chi connectivity index (χ4n) is 2.21. The normalized spacial score (nSPS) is 11.1. The number of aliphatic imine (C=N–C) groups is 1. The Labute approximate surface area is 137 Å². The number of rotatable bonds is 7. The van der Waals surface area contributed by atoms with Gasteiger partial charge in [0, 0.05) is 38.7 Å². The Hall–Kier alpha value is -2.27. The molecule has 122 valence electrons. The molecule has 1 aromatic heterocycles. The van der Waals surface area contributed by atoms with Crippen molar-refractivity contribution in [2.45, 2.75) is 26.3 Å². The Morgan fingerprint density at radius 3 is 2.74 bits per heavy atom. The van der Waals surface area contributed by atoms with E-state index in [4.69, 9.17) is 5.11 Å². The van der Waals surface area contributed by atoms with E-state index >= 15 is 0 Å². The number of hydrogen-bond donors (Lipinski definition) is 1. The molecule has 0 spiro atoms. The first-order valence-electron chi connectivity index (χ1n) is 7.80. The van der Waals surface area contributed by atoms with Gasteiger partial charge in [-0.3, -0.25) is 4.99 Å². The lowest BCUT2D eigenvalue weighted by Gasteiger charge is -2.13. The maximum Gasteiger partial charge on any atom is 0.152 e. The summed E-state index contributed by atoms with van der Waals surface area (Å²) in [6, 6.07) is 10.2. The van der Waals surface area contributed by atoms with Crippen LogP contribution in [0.2, 0.25) is 0 Å². The molecule has 23 heavy (non-hydrogen) atoms. The second kappa shape index (κ2) is 8.39. The van der Waals surface area contributed by atoms with E-state index in [1.165, 1.54) is 5.56 Å². The molecule has 0 aliphatic heterocycles. The van der Waals surface area contributed by atoms with Crippen molar-refractivity contribution in [3.63, 3.8) is 0 Å². The Kier molecular flexibility index (Phi) is 6.23. The summed E-state index contributed by atoms with van der Waals surface area (Å²) in [6.45, 7) is 2.68. The highest BCUT2D eigenvalue weighted by atomic mass is 16.2. The number of benzene rings is 1. The topological polar surface area (TPSA) is 61.6 Å². The molecule has 0 saturated carbocycles. The van der Waals surface area contributed by atoms with Gasteiger partial charge in [-0.25, -0.2) is 9.97 Å². The van der Waals surface area contributed by atoms with Crippen molar-refractivity contribution in [1.29, 1.82) is 0 Å². The highest BCUT2D eigenvalue weighted by Crippen LogP contribution is 2.12. The molecule has 0 saturated heterocycles. The monoisotopic (exact) mass is 312 g/mol. The van der Waals surface area contributed by atoms with E-state index in [1.807, 2.05) is 43.4 Å². The molecule has 0 aliphatic rings. The molecule has 0 bridgehead atoms. The summed E-state index contributed by atoms with van der Waals surface area (Å²) >= 11 is 0. The molecular formula is C18H24N4O. The van der Waals surface area contributed by atoms with Crippen LogP contribution in [0.1, 0.15) is 29.1 Å². The molecule has 2 aromatic rings. The number of anilines is 1. The van der Waals surface area contributed by atoms with E-state index in [2.05, 4.69) is 34.0 Å². The van der Waals surface area contributed by atoms with Gasteiger partial charge in [-0.15, -0.1) is 0 Å². The van der Waals surface area contributed by atoms with Crippen LogP contribution >= 0.6 is 0 Å². The summed E-state index contributed by atoms with van der Waals surface area (Å²) in [4.78, 5) is 15.5. The van der Waals surface area contributed by atoms with Gasteiger partial charge in [-0.05, 0) is 25.3 Å². The second-order valence-electron chi connectivity index (χ2n) is 5.74. The second-order valence-corrected chi connectivity index (χ2v) is 5.74. The first-order chi connectivity index (χ1) is 11.1. The third-order valence-electron chi connectivity index (χ3n) is 3.38. The van der Waals surface area contributed by atoms with Crippen molar-refractivity contribution in [2.24, 2.45) is 4.99 Å². The fourth-order valence-corrected chi connectivity index (χ4v) is 2.21. The summed E-state index contributed by atoms with van der Waals surface area (Å²) in [5, 5.41) is 8.99. The standard InChI is InChI=1S/C18H24N4O/c1-14-6-4-7-15(10-14)12-19-13-17-20-16(8-5-9-23)11-18(21-17)22(2)3/h4,6-7,10-12,23H,5,8-9,13H2,1-3H3. The average Bonchev–Trinajstić information content (AvgIpc) is 2.53. The van der Waals surface area contributed by atoms with Crippen LogP contribution in [0.15, 0.2) is 35.3 Å². The largest absolute Gasteiger partial charge is 0.396 e. The number of aliphatic hydroxyl groups excluding tert-OH is 1. The molecule has 0 aliphatic carbocycles. The van der Waals surface area contributed by atoms with E-state index in [0.29, 0.717) is 18.8 Å². The quantitative estimate of drug-likeness (QED) is 0.798. The lowest BCUT2D eigenvalue weighted by molar-refractivity contribution is 0.288. The first kappa shape index (κ1) is 17.1. The molecule has 5 nitrogen and oxygen atoms in total. The predicted octanol–water partition coefficient (Wildman–Crippen LogP) is 2.40. The van der Waals surface area contributed by atoms with Crippen LogP contribution in [0.5, 0.6) is 0 Å². The zero-order chi connectivity index (χ0) is 16.7. The minimum absolute atomic E-state index is 0.169. The predicted molar refractivity (Wildman–Crippen MR) is 94.2 cm³/mol. The molecule has 5 heteroatoms. The van der Waals surface area contributed by atoms with Crippen LogP contribution in [0.3, 0.4) is 0 Å². The molecule has 0 fully saturated rings. The molecule has 1 N–H and O–H groups in total. The van der Waals surface area contributed by atoms with Crippen LogP contribution in [0, 0.1) is 6.92 Å². The molecule has 1 aromatic carbocycles.